The topological polar surface area (TPSA) is 109 Å². The van der Waals surface area contributed by atoms with Crippen molar-refractivity contribution < 1.29 is 25.9 Å². The molecule has 0 fully saturated rings. The summed E-state index contributed by atoms with van der Waals surface area (Å²) < 4.78 is 60.6. The molecule has 8 heteroatoms. The quantitative estimate of drug-likeness (QED) is 0.482. The fourth-order valence-corrected chi connectivity index (χ4v) is 2.67. The molecule has 0 radical (unpaired) electrons. The van der Waals surface area contributed by atoms with Crippen molar-refractivity contribution >= 4 is 20.2 Å². The lowest BCUT2D eigenvalue weighted by Gasteiger charge is -1.99. The number of rotatable bonds is 5. The van der Waals surface area contributed by atoms with Crippen molar-refractivity contribution in [1.82, 2.24) is 0 Å². The van der Waals surface area contributed by atoms with Crippen molar-refractivity contribution in [3.63, 3.8) is 0 Å². The van der Waals surface area contributed by atoms with Gasteiger partial charge in [0.25, 0.3) is 20.2 Å². The van der Waals surface area contributed by atoms with Crippen molar-refractivity contribution in [3.8, 4) is 11.8 Å². The van der Waals surface area contributed by atoms with E-state index >= 15 is 0 Å². The van der Waals surface area contributed by atoms with Crippen molar-refractivity contribution in [2.75, 3.05) is 5.75 Å². The Morgan fingerprint density at radius 3 is 2.25 bits per heavy atom. The highest BCUT2D eigenvalue weighted by Gasteiger charge is 2.12. The molecule has 2 N–H and O–H groups in total. The molecule has 1 aromatic rings. The standard InChI is InChI=1S/C12H14O6S2/c13-19(14,15)10-6-2-1-3-7-11-8-4-5-9-12(11)20(16,17)18/h4-5,8-9H,1-2,6,10H2,(H,13,14,15)(H,16,17,18). The largest absolute Gasteiger partial charge is 0.295 e. The maximum absolute atomic E-state index is 11.1. The van der Waals surface area contributed by atoms with Crippen LogP contribution in [0.1, 0.15) is 24.8 Å². The van der Waals surface area contributed by atoms with E-state index in [0.29, 0.717) is 12.8 Å². The molecule has 0 aliphatic carbocycles. The molecule has 0 amide bonds. The minimum absolute atomic E-state index is 0.185. The van der Waals surface area contributed by atoms with E-state index in [0.717, 1.165) is 0 Å². The lowest BCUT2D eigenvalue weighted by Crippen LogP contribution is -2.03. The molecule has 0 heterocycles. The Balaban J connectivity index is 2.65. The summed E-state index contributed by atoms with van der Waals surface area (Å²) in [6, 6.07) is 5.78. The first-order chi connectivity index (χ1) is 9.20. The smallest absolute Gasteiger partial charge is 0.286 e. The third-order valence-electron chi connectivity index (χ3n) is 2.34. The van der Waals surface area contributed by atoms with Crippen LogP contribution in [0, 0.1) is 11.8 Å². The highest BCUT2D eigenvalue weighted by Crippen LogP contribution is 2.13. The molecular formula is C12H14O6S2. The zero-order valence-electron chi connectivity index (χ0n) is 10.5. The first-order valence-electron chi connectivity index (χ1n) is 5.71. The average molecular weight is 318 g/mol. The second-order valence-electron chi connectivity index (χ2n) is 4.02. The van der Waals surface area contributed by atoms with Crippen molar-refractivity contribution in [2.24, 2.45) is 0 Å². The van der Waals surface area contributed by atoms with Gasteiger partial charge in [-0.25, -0.2) is 0 Å². The van der Waals surface area contributed by atoms with Gasteiger partial charge >= 0.3 is 0 Å². The molecule has 0 atom stereocenters. The van der Waals surface area contributed by atoms with Crippen LogP contribution in [0.25, 0.3) is 0 Å². The molecule has 0 saturated carbocycles. The summed E-state index contributed by atoms with van der Waals surface area (Å²) in [6.45, 7) is 0. The Labute approximate surface area is 118 Å². The van der Waals surface area contributed by atoms with E-state index in [4.69, 9.17) is 9.11 Å². The minimum Gasteiger partial charge on any atom is -0.286 e. The van der Waals surface area contributed by atoms with Crippen molar-refractivity contribution in [2.45, 2.75) is 24.2 Å². The summed E-state index contributed by atoms with van der Waals surface area (Å²) in [5.74, 6) is 4.99. The highest BCUT2D eigenvalue weighted by molar-refractivity contribution is 7.86. The molecule has 0 aliphatic heterocycles. The summed E-state index contributed by atoms with van der Waals surface area (Å²) >= 11 is 0. The number of unbranched alkanes of at least 4 members (excludes halogenated alkanes) is 2. The van der Waals surface area contributed by atoms with Crippen molar-refractivity contribution in [1.29, 1.82) is 0 Å². The van der Waals surface area contributed by atoms with Crippen LogP contribution < -0.4 is 0 Å². The Morgan fingerprint density at radius 2 is 1.65 bits per heavy atom. The van der Waals surface area contributed by atoms with Crippen molar-refractivity contribution in [3.05, 3.63) is 29.8 Å². The van der Waals surface area contributed by atoms with E-state index in [-0.39, 0.29) is 22.6 Å². The first kappa shape index (κ1) is 16.7. The van der Waals surface area contributed by atoms with Crippen LogP contribution >= 0.6 is 0 Å². The van der Waals surface area contributed by atoms with E-state index < -0.39 is 20.2 Å². The van der Waals surface area contributed by atoms with Gasteiger partial charge in [-0.05, 0) is 25.0 Å². The van der Waals surface area contributed by atoms with Gasteiger partial charge in [-0.15, -0.1) is 0 Å². The minimum atomic E-state index is -4.32. The van der Waals surface area contributed by atoms with Gasteiger partial charge in [0.1, 0.15) is 4.90 Å². The molecule has 20 heavy (non-hydrogen) atoms. The van der Waals surface area contributed by atoms with Crippen LogP contribution in [0.2, 0.25) is 0 Å². The summed E-state index contributed by atoms with van der Waals surface area (Å²) in [4.78, 5) is -0.259. The van der Waals surface area contributed by atoms with Crippen LogP contribution in [0.3, 0.4) is 0 Å². The van der Waals surface area contributed by atoms with Gasteiger partial charge in [0.2, 0.25) is 0 Å². The SMILES string of the molecule is O=S(=O)(O)CCCCC#Cc1ccccc1S(=O)(=O)O. The van der Waals surface area contributed by atoms with Crippen LogP contribution in [-0.4, -0.2) is 31.7 Å². The fourth-order valence-electron chi connectivity index (χ4n) is 1.45. The number of hydrogen-bond acceptors (Lipinski definition) is 4. The second kappa shape index (κ2) is 6.85. The molecule has 0 aromatic heterocycles. The predicted molar refractivity (Wildman–Crippen MR) is 73.4 cm³/mol. The predicted octanol–water partition coefficient (Wildman–Crippen LogP) is 1.34. The van der Waals surface area contributed by atoms with Gasteiger partial charge in [0.15, 0.2) is 0 Å². The van der Waals surface area contributed by atoms with Gasteiger partial charge in [0.05, 0.1) is 5.75 Å². The maximum atomic E-state index is 11.1. The molecule has 0 saturated heterocycles. The normalized spacial score (nSPS) is 11.7. The van der Waals surface area contributed by atoms with Gasteiger partial charge in [0, 0.05) is 12.0 Å². The zero-order chi connectivity index (χ0) is 15.2. The van der Waals surface area contributed by atoms with Gasteiger partial charge in [-0.1, -0.05) is 24.0 Å². The molecular weight excluding hydrogens is 304 g/mol. The summed E-state index contributed by atoms with van der Waals surface area (Å²) in [5.41, 5.74) is 0.185. The Hall–Kier alpha value is -1.40. The molecule has 0 spiro atoms. The van der Waals surface area contributed by atoms with Crippen LogP contribution in [0.15, 0.2) is 29.2 Å². The van der Waals surface area contributed by atoms with Crippen LogP contribution in [0.5, 0.6) is 0 Å². The average Bonchev–Trinajstić information content (AvgIpc) is 2.31. The first-order valence-corrected chi connectivity index (χ1v) is 8.75. The molecule has 6 nitrogen and oxygen atoms in total. The Morgan fingerprint density at radius 1 is 1.00 bits per heavy atom. The van der Waals surface area contributed by atoms with E-state index in [1.807, 2.05) is 0 Å². The molecule has 0 aliphatic rings. The monoisotopic (exact) mass is 318 g/mol. The molecule has 1 rings (SSSR count). The number of hydrogen-bond donors (Lipinski definition) is 2. The van der Waals surface area contributed by atoms with E-state index in [1.54, 1.807) is 6.07 Å². The molecule has 0 bridgehead atoms. The van der Waals surface area contributed by atoms with Crippen LogP contribution in [-0.2, 0) is 20.2 Å². The van der Waals surface area contributed by atoms with E-state index in [1.165, 1.54) is 18.2 Å². The van der Waals surface area contributed by atoms with E-state index in [9.17, 15) is 16.8 Å². The fraction of sp³-hybridized carbons (Fsp3) is 0.333. The summed E-state index contributed by atoms with van der Waals surface area (Å²) in [7, 11) is -8.27. The van der Waals surface area contributed by atoms with Crippen LogP contribution in [0.4, 0.5) is 0 Å². The van der Waals surface area contributed by atoms with Gasteiger partial charge < -0.3 is 0 Å². The third-order valence-corrected chi connectivity index (χ3v) is 4.06. The Bertz CT molecular complexity index is 723. The highest BCUT2D eigenvalue weighted by atomic mass is 32.2. The maximum Gasteiger partial charge on any atom is 0.295 e. The molecule has 0 unspecified atom stereocenters. The van der Waals surface area contributed by atoms with Gasteiger partial charge in [-0.3, -0.25) is 9.11 Å². The second-order valence-corrected chi connectivity index (χ2v) is 6.98. The lowest BCUT2D eigenvalue weighted by atomic mass is 10.2. The van der Waals surface area contributed by atoms with Gasteiger partial charge in [-0.2, -0.15) is 16.8 Å². The molecule has 110 valence electrons. The lowest BCUT2D eigenvalue weighted by molar-refractivity contribution is 0.479. The molecule has 1 aromatic carbocycles. The number of benzene rings is 1. The van der Waals surface area contributed by atoms with E-state index in [2.05, 4.69) is 11.8 Å². The Kier molecular flexibility index (Phi) is 5.71. The summed E-state index contributed by atoms with van der Waals surface area (Å²) in [6.07, 6.45) is 1.09. The third kappa shape index (κ3) is 6.16. The summed E-state index contributed by atoms with van der Waals surface area (Å²) in [5, 5.41) is 0. The zero-order valence-corrected chi connectivity index (χ0v) is 12.1.